The molecule has 8 nitrogen and oxygen atoms in total. The average Bonchev–Trinajstić information content (AvgIpc) is 2.82. The molecule has 3 aromatic rings. The van der Waals surface area contributed by atoms with Crippen molar-refractivity contribution < 1.29 is 14.1 Å². The summed E-state index contributed by atoms with van der Waals surface area (Å²) < 4.78 is 14.0. The van der Waals surface area contributed by atoms with Gasteiger partial charge >= 0.3 is 0 Å². The summed E-state index contributed by atoms with van der Waals surface area (Å²) in [5, 5.41) is 15.2. The van der Waals surface area contributed by atoms with Crippen LogP contribution in [0.4, 0.5) is 15.9 Å². The summed E-state index contributed by atoms with van der Waals surface area (Å²) in [6.45, 7) is 0. The number of anilines is 1. The van der Waals surface area contributed by atoms with E-state index in [9.17, 15) is 24.1 Å². The largest absolute Gasteiger partial charge is 0.343 e. The molecule has 0 bridgehead atoms. The van der Waals surface area contributed by atoms with Crippen molar-refractivity contribution in [3.8, 4) is 0 Å². The summed E-state index contributed by atoms with van der Waals surface area (Å²) in [5.74, 6) is -0.867. The van der Waals surface area contributed by atoms with Crippen molar-refractivity contribution in [3.63, 3.8) is 0 Å². The van der Waals surface area contributed by atoms with Crippen LogP contribution in [0.15, 0.2) is 69.8 Å². The molecule has 0 radical (unpaired) electrons. The first-order valence-electron chi connectivity index (χ1n) is 10.7. The number of carbonyl (C=O) groups is 1. The molecule has 0 amide bonds. The first kappa shape index (κ1) is 22.0. The molecule has 34 heavy (non-hydrogen) atoms. The number of aromatic amines is 1. The fraction of sp³-hybridized carbons (Fsp3) is 0.208. The van der Waals surface area contributed by atoms with Crippen LogP contribution in [0.5, 0.6) is 0 Å². The highest BCUT2D eigenvalue weighted by atomic mass is 32.2. The van der Waals surface area contributed by atoms with Crippen LogP contribution < -0.4 is 10.9 Å². The molecule has 1 atom stereocenters. The zero-order valence-corrected chi connectivity index (χ0v) is 18.7. The van der Waals surface area contributed by atoms with Crippen molar-refractivity contribution >= 4 is 29.1 Å². The summed E-state index contributed by atoms with van der Waals surface area (Å²) in [4.78, 5) is 44.7. The molecule has 0 fully saturated rings. The first-order valence-corrected chi connectivity index (χ1v) is 11.7. The monoisotopic (exact) mass is 478 g/mol. The number of nitro benzene ring substituents is 1. The summed E-state index contributed by atoms with van der Waals surface area (Å²) >= 11 is 1.17. The van der Waals surface area contributed by atoms with Gasteiger partial charge < -0.3 is 10.3 Å². The molecule has 2 N–H and O–H groups in total. The normalized spacial score (nSPS) is 17.1. The van der Waals surface area contributed by atoms with Gasteiger partial charge in [-0.1, -0.05) is 48.2 Å². The van der Waals surface area contributed by atoms with Crippen molar-refractivity contribution in [2.45, 2.75) is 36.1 Å². The highest BCUT2D eigenvalue weighted by Crippen LogP contribution is 2.45. The van der Waals surface area contributed by atoms with Crippen LogP contribution >= 0.6 is 11.8 Å². The average molecular weight is 479 g/mol. The second-order valence-electron chi connectivity index (χ2n) is 8.06. The lowest BCUT2D eigenvalue weighted by Gasteiger charge is -2.32. The van der Waals surface area contributed by atoms with Crippen LogP contribution in [-0.2, 0) is 10.5 Å². The van der Waals surface area contributed by atoms with Crippen molar-refractivity contribution in [2.24, 2.45) is 0 Å². The molecule has 0 saturated heterocycles. The number of halogens is 1. The Kier molecular flexibility index (Phi) is 5.74. The Labute approximate surface area is 197 Å². The quantitative estimate of drug-likeness (QED) is 0.237. The number of benzene rings is 2. The molecule has 1 aromatic heterocycles. The van der Waals surface area contributed by atoms with E-state index in [2.05, 4.69) is 15.3 Å². The zero-order chi connectivity index (χ0) is 23.8. The van der Waals surface area contributed by atoms with Gasteiger partial charge in [-0.2, -0.15) is 0 Å². The van der Waals surface area contributed by atoms with Gasteiger partial charge in [-0.05, 0) is 24.5 Å². The van der Waals surface area contributed by atoms with Crippen LogP contribution in [0, 0.1) is 15.9 Å². The minimum atomic E-state index is -0.900. The van der Waals surface area contributed by atoms with Gasteiger partial charge in [0.1, 0.15) is 11.6 Å². The van der Waals surface area contributed by atoms with E-state index in [1.54, 1.807) is 36.4 Å². The Balaban J connectivity index is 1.61. The fourth-order valence-electron chi connectivity index (χ4n) is 4.48. The van der Waals surface area contributed by atoms with Crippen molar-refractivity contribution in [2.75, 3.05) is 5.32 Å². The maximum absolute atomic E-state index is 14.0. The molecule has 2 heterocycles. The number of hydrogen-bond donors (Lipinski definition) is 2. The number of thioether (sulfide) groups is 1. The van der Waals surface area contributed by atoms with Gasteiger partial charge in [0.05, 0.1) is 16.4 Å². The van der Waals surface area contributed by atoms with Gasteiger partial charge in [0.25, 0.3) is 11.2 Å². The summed E-state index contributed by atoms with van der Waals surface area (Å²) in [7, 11) is 0. The summed E-state index contributed by atoms with van der Waals surface area (Å²) in [6, 6.07) is 12.5. The van der Waals surface area contributed by atoms with E-state index in [4.69, 9.17) is 0 Å². The number of carbonyl (C=O) groups excluding carboxylic acids is 1. The van der Waals surface area contributed by atoms with E-state index < -0.39 is 16.4 Å². The van der Waals surface area contributed by atoms with Gasteiger partial charge in [0.15, 0.2) is 10.9 Å². The molecule has 10 heteroatoms. The Morgan fingerprint density at radius 1 is 1.12 bits per heavy atom. The number of allylic oxidation sites excluding steroid dienone is 2. The SMILES string of the molecule is O=C1CCCC2=C1[C@H](c1ccccc1[N+](=O)[O-])c1c(nc(SCc3ccccc3F)[nH]c1=O)N2. The van der Waals surface area contributed by atoms with Crippen LogP contribution in [0.3, 0.4) is 0 Å². The van der Waals surface area contributed by atoms with E-state index in [-0.39, 0.29) is 45.1 Å². The molecule has 1 aliphatic heterocycles. The molecule has 0 unspecified atom stereocenters. The van der Waals surface area contributed by atoms with Crippen LogP contribution in [0.1, 0.15) is 41.9 Å². The molecular weight excluding hydrogens is 459 g/mol. The lowest BCUT2D eigenvalue weighted by atomic mass is 9.76. The number of nitrogens with zero attached hydrogens (tertiary/aromatic N) is 2. The number of nitrogens with one attached hydrogen (secondary N) is 2. The number of ketones is 1. The topological polar surface area (TPSA) is 118 Å². The molecule has 1 aliphatic carbocycles. The maximum Gasteiger partial charge on any atom is 0.273 e. The number of nitro groups is 1. The molecular formula is C24H19FN4O4S. The number of hydrogen-bond acceptors (Lipinski definition) is 7. The molecule has 2 aliphatic rings. The molecule has 0 spiro atoms. The minimum absolute atomic E-state index is 0.139. The predicted octanol–water partition coefficient (Wildman–Crippen LogP) is 4.67. The van der Waals surface area contributed by atoms with Crippen LogP contribution in [0.2, 0.25) is 0 Å². The van der Waals surface area contributed by atoms with Gasteiger partial charge in [-0.15, -0.1) is 0 Å². The number of H-pyrrole nitrogens is 1. The highest BCUT2D eigenvalue weighted by molar-refractivity contribution is 7.98. The lowest BCUT2D eigenvalue weighted by Crippen LogP contribution is -2.33. The Morgan fingerprint density at radius 2 is 1.88 bits per heavy atom. The summed E-state index contributed by atoms with van der Waals surface area (Å²) in [5.41, 5.74) is 1.27. The Bertz CT molecular complexity index is 1420. The third kappa shape index (κ3) is 3.90. The Hall–Kier alpha value is -3.79. The van der Waals surface area contributed by atoms with E-state index in [1.807, 2.05) is 0 Å². The lowest BCUT2D eigenvalue weighted by molar-refractivity contribution is -0.385. The van der Waals surface area contributed by atoms with E-state index in [1.165, 1.54) is 23.9 Å². The number of aromatic nitrogens is 2. The fourth-order valence-corrected chi connectivity index (χ4v) is 5.33. The number of para-hydroxylation sites is 1. The minimum Gasteiger partial charge on any atom is -0.343 e. The molecule has 5 rings (SSSR count). The van der Waals surface area contributed by atoms with Gasteiger partial charge in [0.2, 0.25) is 0 Å². The number of Topliss-reactive ketones (excluding diaryl/α,β-unsaturated/α-hetero) is 1. The van der Waals surface area contributed by atoms with E-state index >= 15 is 0 Å². The number of fused-ring (bicyclic) bond motifs is 1. The molecule has 172 valence electrons. The third-order valence-corrected chi connectivity index (χ3v) is 6.93. The number of rotatable bonds is 5. The standard InChI is InChI=1S/C24H19FN4O4S/c25-15-8-3-1-6-13(15)12-34-24-27-22-21(23(31)28-24)19(14-7-2-4-10-17(14)29(32)33)20-16(26-22)9-5-11-18(20)30/h1-4,6-8,10,19H,5,9,11-12H2,(H2,26,27,28,31)/t19-/m0/s1. The third-order valence-electron chi connectivity index (χ3n) is 6.00. The maximum atomic E-state index is 14.0. The highest BCUT2D eigenvalue weighted by Gasteiger charge is 2.40. The van der Waals surface area contributed by atoms with Gasteiger partial charge in [-0.3, -0.25) is 19.7 Å². The predicted molar refractivity (Wildman–Crippen MR) is 125 cm³/mol. The zero-order valence-electron chi connectivity index (χ0n) is 17.8. The second-order valence-corrected chi connectivity index (χ2v) is 9.02. The molecule has 2 aromatic carbocycles. The second kappa shape index (κ2) is 8.86. The van der Waals surface area contributed by atoms with Gasteiger partial charge in [-0.25, -0.2) is 9.37 Å². The molecule has 0 saturated carbocycles. The smallest absolute Gasteiger partial charge is 0.273 e. The first-order chi connectivity index (χ1) is 16.4. The van der Waals surface area contributed by atoms with Crippen LogP contribution in [0.25, 0.3) is 0 Å². The van der Waals surface area contributed by atoms with Crippen molar-refractivity contribution in [1.82, 2.24) is 9.97 Å². The summed E-state index contributed by atoms with van der Waals surface area (Å²) in [6.07, 6.45) is 1.53. The Morgan fingerprint density at radius 3 is 2.68 bits per heavy atom. The van der Waals surface area contributed by atoms with Crippen molar-refractivity contribution in [3.05, 3.63) is 103 Å². The van der Waals surface area contributed by atoms with Crippen LogP contribution in [-0.4, -0.2) is 20.7 Å². The van der Waals surface area contributed by atoms with E-state index in [0.29, 0.717) is 36.1 Å². The van der Waals surface area contributed by atoms with Crippen molar-refractivity contribution in [1.29, 1.82) is 0 Å². The van der Waals surface area contributed by atoms with E-state index in [0.717, 1.165) is 0 Å². The van der Waals surface area contributed by atoms with Gasteiger partial charge in [0, 0.05) is 35.1 Å².